The first-order valence-corrected chi connectivity index (χ1v) is 10.3. The second-order valence-corrected chi connectivity index (χ2v) is 7.95. The molecule has 0 N–H and O–H groups in total. The van der Waals surface area contributed by atoms with Gasteiger partial charge in [-0.3, -0.25) is 4.79 Å². The van der Waals surface area contributed by atoms with E-state index in [4.69, 9.17) is 0 Å². The Kier molecular flexibility index (Phi) is 5.30. The lowest BCUT2D eigenvalue weighted by Gasteiger charge is -2.37. The predicted molar refractivity (Wildman–Crippen MR) is 106 cm³/mol. The molecule has 2 aromatic rings. The summed E-state index contributed by atoms with van der Waals surface area (Å²) in [6, 6.07) is 8.92. The zero-order valence-corrected chi connectivity index (χ0v) is 16.5. The zero-order chi connectivity index (χ0) is 18.8. The number of amides is 1. The van der Waals surface area contributed by atoms with Gasteiger partial charge in [0.2, 0.25) is 5.91 Å². The van der Waals surface area contributed by atoms with E-state index in [9.17, 15) is 4.79 Å². The number of fused-ring (bicyclic) bond motifs is 2. The summed E-state index contributed by atoms with van der Waals surface area (Å²) in [7, 11) is 0. The van der Waals surface area contributed by atoms with Crippen LogP contribution >= 0.6 is 0 Å². The minimum atomic E-state index is 0.292. The molecule has 4 rings (SSSR count). The molecule has 0 bridgehead atoms. The average molecular weight is 367 g/mol. The molecule has 0 radical (unpaired) electrons. The van der Waals surface area contributed by atoms with Crippen molar-refractivity contribution >= 4 is 5.91 Å². The van der Waals surface area contributed by atoms with Crippen molar-refractivity contribution in [3.8, 4) is 0 Å². The van der Waals surface area contributed by atoms with Gasteiger partial charge in [0.05, 0.1) is 24.6 Å². The number of likely N-dealkylation sites (N-methyl/N-ethyl adjacent to an activating group) is 1. The summed E-state index contributed by atoms with van der Waals surface area (Å²) in [4.78, 5) is 21.9. The Hall–Kier alpha value is -2.14. The third-order valence-electron chi connectivity index (χ3n) is 6.24. The Balaban J connectivity index is 1.42. The van der Waals surface area contributed by atoms with Crippen LogP contribution in [0.4, 0.5) is 0 Å². The van der Waals surface area contributed by atoms with Crippen molar-refractivity contribution in [2.75, 3.05) is 26.2 Å². The van der Waals surface area contributed by atoms with Crippen molar-refractivity contribution in [3.63, 3.8) is 0 Å². The normalized spacial score (nSPS) is 19.4. The molecule has 0 fully saturated rings. The fourth-order valence-corrected chi connectivity index (χ4v) is 4.67. The van der Waals surface area contributed by atoms with Gasteiger partial charge in [-0.05, 0) is 43.0 Å². The van der Waals surface area contributed by atoms with E-state index in [2.05, 4.69) is 57.5 Å². The Morgan fingerprint density at radius 1 is 1.19 bits per heavy atom. The highest BCUT2D eigenvalue weighted by Gasteiger charge is 2.31. The fraction of sp³-hybridized carbons (Fsp3) is 0.545. The molecule has 5 heteroatoms. The first-order valence-electron chi connectivity index (χ1n) is 10.3. The summed E-state index contributed by atoms with van der Waals surface area (Å²) in [6.07, 6.45) is 6.58. The SMILES string of the molecule is CCN(CC)C[C@@H]1CN(C(=O)CC2Cc3ccccc3C2)Cc2cncn21. The third-order valence-corrected chi connectivity index (χ3v) is 6.24. The van der Waals surface area contributed by atoms with Crippen LogP contribution in [0.5, 0.6) is 0 Å². The molecule has 0 unspecified atom stereocenters. The van der Waals surface area contributed by atoms with E-state index in [-0.39, 0.29) is 0 Å². The van der Waals surface area contributed by atoms with Gasteiger partial charge in [-0.2, -0.15) is 0 Å². The van der Waals surface area contributed by atoms with Crippen LogP contribution in [-0.4, -0.2) is 51.4 Å². The molecule has 1 aliphatic carbocycles. The van der Waals surface area contributed by atoms with Gasteiger partial charge in [-0.25, -0.2) is 4.98 Å². The van der Waals surface area contributed by atoms with Gasteiger partial charge in [0, 0.05) is 25.7 Å². The smallest absolute Gasteiger partial charge is 0.223 e. The molecule has 5 nitrogen and oxygen atoms in total. The Labute approximate surface area is 162 Å². The van der Waals surface area contributed by atoms with E-state index in [1.807, 2.05) is 12.5 Å². The maximum Gasteiger partial charge on any atom is 0.223 e. The van der Waals surface area contributed by atoms with Crippen LogP contribution in [0.25, 0.3) is 0 Å². The number of hydrogen-bond donors (Lipinski definition) is 0. The summed E-state index contributed by atoms with van der Waals surface area (Å²) in [5, 5.41) is 0. The summed E-state index contributed by atoms with van der Waals surface area (Å²) in [6.45, 7) is 8.90. The molecule has 2 heterocycles. The number of aromatic nitrogens is 2. The van der Waals surface area contributed by atoms with Gasteiger partial charge in [-0.15, -0.1) is 0 Å². The maximum absolute atomic E-state index is 13.1. The van der Waals surface area contributed by atoms with Crippen molar-refractivity contribution in [1.82, 2.24) is 19.4 Å². The monoisotopic (exact) mass is 366 g/mol. The largest absolute Gasteiger partial charge is 0.335 e. The van der Waals surface area contributed by atoms with Crippen molar-refractivity contribution < 1.29 is 4.79 Å². The van der Waals surface area contributed by atoms with Gasteiger partial charge in [0.25, 0.3) is 0 Å². The number of rotatable bonds is 6. The lowest BCUT2D eigenvalue weighted by molar-refractivity contribution is -0.134. The van der Waals surface area contributed by atoms with Crippen molar-refractivity contribution in [2.45, 2.75) is 45.7 Å². The standard InChI is InChI=1S/C22H30N4O/c1-3-24(4-2)13-21-15-25(14-20-12-23-16-26(20)21)22(27)11-17-9-18-7-5-6-8-19(18)10-17/h5-8,12,16-17,21H,3-4,9-11,13-15H2,1-2H3/t21-/m1/s1. The van der Waals surface area contributed by atoms with Gasteiger partial charge >= 0.3 is 0 Å². The highest BCUT2D eigenvalue weighted by molar-refractivity contribution is 5.76. The highest BCUT2D eigenvalue weighted by Crippen LogP contribution is 2.30. The summed E-state index contributed by atoms with van der Waals surface area (Å²) in [5.41, 5.74) is 4.00. The van der Waals surface area contributed by atoms with E-state index in [1.54, 1.807) is 0 Å². The topological polar surface area (TPSA) is 41.4 Å². The molecule has 144 valence electrons. The van der Waals surface area contributed by atoms with E-state index < -0.39 is 0 Å². The number of benzene rings is 1. The predicted octanol–water partition coefficient (Wildman–Crippen LogP) is 2.91. The molecular weight excluding hydrogens is 336 g/mol. The molecule has 1 aromatic heterocycles. The van der Waals surface area contributed by atoms with E-state index in [1.165, 1.54) is 11.1 Å². The first kappa shape index (κ1) is 18.2. The Bertz CT molecular complexity index is 770. The fourth-order valence-electron chi connectivity index (χ4n) is 4.67. The molecule has 1 amide bonds. The zero-order valence-electron chi connectivity index (χ0n) is 16.5. The maximum atomic E-state index is 13.1. The van der Waals surface area contributed by atoms with Gasteiger partial charge in [-0.1, -0.05) is 38.1 Å². The van der Waals surface area contributed by atoms with E-state index >= 15 is 0 Å². The minimum Gasteiger partial charge on any atom is -0.335 e. The van der Waals surface area contributed by atoms with Crippen molar-refractivity contribution in [2.24, 2.45) is 5.92 Å². The van der Waals surface area contributed by atoms with Crippen molar-refractivity contribution in [1.29, 1.82) is 0 Å². The number of carbonyl (C=O) groups is 1. The van der Waals surface area contributed by atoms with Crippen molar-refractivity contribution in [3.05, 3.63) is 53.6 Å². The van der Waals surface area contributed by atoms with Crippen LogP contribution in [0.2, 0.25) is 0 Å². The number of hydrogen-bond acceptors (Lipinski definition) is 3. The number of imidazole rings is 1. The summed E-state index contributed by atoms with van der Waals surface area (Å²) >= 11 is 0. The molecule has 1 atom stereocenters. The van der Waals surface area contributed by atoms with Crippen LogP contribution < -0.4 is 0 Å². The molecule has 2 aliphatic rings. The minimum absolute atomic E-state index is 0.292. The quantitative estimate of drug-likeness (QED) is 0.789. The lowest BCUT2D eigenvalue weighted by Crippen LogP contribution is -2.45. The number of carbonyl (C=O) groups excluding carboxylic acids is 1. The second kappa shape index (κ2) is 7.85. The van der Waals surface area contributed by atoms with Gasteiger partial charge in [0.15, 0.2) is 0 Å². The molecule has 0 saturated carbocycles. The van der Waals surface area contributed by atoms with Crippen LogP contribution in [0.3, 0.4) is 0 Å². The molecule has 1 aliphatic heterocycles. The average Bonchev–Trinajstić information content (AvgIpc) is 3.31. The molecule has 27 heavy (non-hydrogen) atoms. The van der Waals surface area contributed by atoms with Crippen LogP contribution in [0, 0.1) is 5.92 Å². The van der Waals surface area contributed by atoms with E-state index in [0.717, 1.165) is 44.7 Å². The second-order valence-electron chi connectivity index (χ2n) is 7.95. The molecular formula is C22H30N4O. The van der Waals surface area contributed by atoms with Gasteiger partial charge < -0.3 is 14.4 Å². The van der Waals surface area contributed by atoms with Crippen LogP contribution in [0.15, 0.2) is 36.8 Å². The Morgan fingerprint density at radius 3 is 2.56 bits per heavy atom. The lowest BCUT2D eigenvalue weighted by atomic mass is 10.0. The molecule has 0 saturated heterocycles. The summed E-state index contributed by atoms with van der Waals surface area (Å²) in [5.74, 6) is 0.743. The molecule has 0 spiro atoms. The van der Waals surface area contributed by atoms with Crippen LogP contribution in [0.1, 0.15) is 43.1 Å². The number of nitrogens with zero attached hydrogens (tertiary/aromatic N) is 4. The first-order chi connectivity index (χ1) is 13.2. The van der Waals surface area contributed by atoms with Crippen LogP contribution in [-0.2, 0) is 24.2 Å². The highest BCUT2D eigenvalue weighted by atomic mass is 16.2. The molecule has 1 aromatic carbocycles. The van der Waals surface area contributed by atoms with Gasteiger partial charge in [0.1, 0.15) is 0 Å². The van der Waals surface area contributed by atoms with E-state index in [0.29, 0.717) is 30.8 Å². The summed E-state index contributed by atoms with van der Waals surface area (Å²) < 4.78 is 2.27. The Morgan fingerprint density at radius 2 is 1.89 bits per heavy atom. The third kappa shape index (κ3) is 3.79.